The summed E-state index contributed by atoms with van der Waals surface area (Å²) < 4.78 is 0. The molecule has 0 heterocycles. The summed E-state index contributed by atoms with van der Waals surface area (Å²) in [4.78, 5) is 0. The molecule has 2 nitrogen and oxygen atoms in total. The minimum absolute atomic E-state index is 0.295. The number of aliphatic hydroxyl groups excluding tert-OH is 1. The zero-order valence-electron chi connectivity index (χ0n) is 6.80. The minimum Gasteiger partial charge on any atom is -0.391 e. The SMILES string of the molecule is CC1CCCC(O)C1(C)N. The van der Waals surface area contributed by atoms with E-state index in [1.807, 2.05) is 6.92 Å². The van der Waals surface area contributed by atoms with Crippen LogP contribution in [0.1, 0.15) is 33.1 Å². The van der Waals surface area contributed by atoms with Crippen molar-refractivity contribution in [2.24, 2.45) is 11.7 Å². The summed E-state index contributed by atoms with van der Waals surface area (Å²) in [7, 11) is 0. The van der Waals surface area contributed by atoms with Gasteiger partial charge in [-0.1, -0.05) is 13.3 Å². The fourth-order valence-electron chi connectivity index (χ4n) is 1.57. The van der Waals surface area contributed by atoms with Crippen molar-refractivity contribution in [3.8, 4) is 0 Å². The lowest BCUT2D eigenvalue weighted by Gasteiger charge is -2.40. The highest BCUT2D eigenvalue weighted by molar-refractivity contribution is 4.94. The molecule has 1 saturated carbocycles. The van der Waals surface area contributed by atoms with E-state index in [4.69, 9.17) is 5.73 Å². The van der Waals surface area contributed by atoms with Crippen molar-refractivity contribution >= 4 is 0 Å². The van der Waals surface area contributed by atoms with Crippen LogP contribution >= 0.6 is 0 Å². The van der Waals surface area contributed by atoms with Crippen molar-refractivity contribution in [2.45, 2.75) is 44.8 Å². The second kappa shape index (κ2) is 2.51. The highest BCUT2D eigenvalue weighted by atomic mass is 16.3. The van der Waals surface area contributed by atoms with Gasteiger partial charge in [0.15, 0.2) is 0 Å². The van der Waals surface area contributed by atoms with Gasteiger partial charge in [-0.05, 0) is 25.7 Å². The highest BCUT2D eigenvalue weighted by Gasteiger charge is 2.36. The first-order valence-electron chi connectivity index (χ1n) is 4.02. The molecule has 0 saturated heterocycles. The van der Waals surface area contributed by atoms with Crippen LogP contribution < -0.4 is 5.73 Å². The summed E-state index contributed by atoms with van der Waals surface area (Å²) in [5, 5.41) is 9.48. The van der Waals surface area contributed by atoms with Gasteiger partial charge in [0.05, 0.1) is 6.10 Å². The number of hydrogen-bond donors (Lipinski definition) is 2. The summed E-state index contributed by atoms with van der Waals surface area (Å²) in [6.45, 7) is 4.06. The molecule has 1 rings (SSSR count). The molecule has 0 aliphatic heterocycles. The molecular weight excluding hydrogens is 126 g/mol. The Balaban J connectivity index is 2.63. The average molecular weight is 143 g/mol. The Hall–Kier alpha value is -0.0800. The number of hydrogen-bond acceptors (Lipinski definition) is 2. The predicted molar refractivity (Wildman–Crippen MR) is 41.6 cm³/mol. The first-order valence-corrected chi connectivity index (χ1v) is 4.02. The zero-order chi connectivity index (χ0) is 7.78. The lowest BCUT2D eigenvalue weighted by atomic mass is 9.74. The molecule has 3 N–H and O–H groups in total. The predicted octanol–water partition coefficient (Wildman–Crippen LogP) is 0.885. The topological polar surface area (TPSA) is 46.2 Å². The second-order valence-electron chi connectivity index (χ2n) is 3.71. The van der Waals surface area contributed by atoms with Crippen LogP contribution in [0.15, 0.2) is 0 Å². The fourth-order valence-corrected chi connectivity index (χ4v) is 1.57. The van der Waals surface area contributed by atoms with Gasteiger partial charge in [-0.3, -0.25) is 0 Å². The molecular formula is C8H17NO. The van der Waals surface area contributed by atoms with E-state index in [1.54, 1.807) is 0 Å². The molecule has 0 aromatic rings. The van der Waals surface area contributed by atoms with E-state index in [9.17, 15) is 5.11 Å². The average Bonchev–Trinajstić information content (AvgIpc) is 1.84. The molecule has 0 aromatic heterocycles. The molecule has 0 bridgehead atoms. The Morgan fingerprint density at radius 3 is 2.50 bits per heavy atom. The summed E-state index contributed by atoms with van der Waals surface area (Å²) in [5.74, 6) is 0.455. The maximum Gasteiger partial charge on any atom is 0.0719 e. The molecule has 3 atom stereocenters. The van der Waals surface area contributed by atoms with E-state index >= 15 is 0 Å². The number of rotatable bonds is 0. The Bertz CT molecular complexity index is 110. The fraction of sp³-hybridized carbons (Fsp3) is 1.00. The molecule has 60 valence electrons. The normalized spacial score (nSPS) is 49.2. The monoisotopic (exact) mass is 143 g/mol. The van der Waals surface area contributed by atoms with Crippen molar-refractivity contribution in [2.75, 3.05) is 0 Å². The second-order valence-corrected chi connectivity index (χ2v) is 3.71. The molecule has 0 amide bonds. The lowest BCUT2D eigenvalue weighted by Crippen LogP contribution is -2.55. The van der Waals surface area contributed by atoms with E-state index < -0.39 is 0 Å². The van der Waals surface area contributed by atoms with Crippen LogP contribution in [-0.4, -0.2) is 16.7 Å². The Morgan fingerprint density at radius 1 is 1.50 bits per heavy atom. The molecule has 10 heavy (non-hydrogen) atoms. The van der Waals surface area contributed by atoms with Gasteiger partial charge in [-0.15, -0.1) is 0 Å². The third kappa shape index (κ3) is 1.18. The molecule has 0 aromatic carbocycles. The number of nitrogens with two attached hydrogens (primary N) is 1. The maximum atomic E-state index is 9.48. The van der Waals surface area contributed by atoms with Crippen molar-refractivity contribution in [3.05, 3.63) is 0 Å². The largest absolute Gasteiger partial charge is 0.391 e. The van der Waals surface area contributed by atoms with Gasteiger partial charge in [0.1, 0.15) is 0 Å². The third-order valence-electron chi connectivity index (χ3n) is 2.89. The van der Waals surface area contributed by atoms with E-state index in [-0.39, 0.29) is 11.6 Å². The van der Waals surface area contributed by atoms with E-state index in [1.165, 1.54) is 0 Å². The lowest BCUT2D eigenvalue weighted by molar-refractivity contribution is 0.0249. The van der Waals surface area contributed by atoms with Crippen LogP contribution in [0.2, 0.25) is 0 Å². The summed E-state index contributed by atoms with van der Waals surface area (Å²) in [5.41, 5.74) is 5.57. The van der Waals surface area contributed by atoms with Crippen molar-refractivity contribution in [1.82, 2.24) is 0 Å². The zero-order valence-corrected chi connectivity index (χ0v) is 6.80. The first-order chi connectivity index (χ1) is 4.55. The standard InChI is InChI=1S/C8H17NO/c1-6-4-3-5-7(10)8(6,2)9/h6-7,10H,3-5,9H2,1-2H3. The Labute approximate surface area is 62.4 Å². The molecule has 0 spiro atoms. The number of aliphatic hydroxyl groups is 1. The summed E-state index contributed by atoms with van der Waals surface area (Å²) in [6.07, 6.45) is 2.85. The Morgan fingerprint density at radius 2 is 2.10 bits per heavy atom. The molecule has 1 aliphatic carbocycles. The van der Waals surface area contributed by atoms with Gasteiger partial charge in [0.2, 0.25) is 0 Å². The van der Waals surface area contributed by atoms with E-state index in [0.717, 1.165) is 19.3 Å². The van der Waals surface area contributed by atoms with Gasteiger partial charge in [-0.25, -0.2) is 0 Å². The van der Waals surface area contributed by atoms with E-state index in [2.05, 4.69) is 6.92 Å². The molecule has 0 radical (unpaired) electrons. The quantitative estimate of drug-likeness (QED) is 0.529. The van der Waals surface area contributed by atoms with Gasteiger partial charge < -0.3 is 10.8 Å². The molecule has 1 fully saturated rings. The van der Waals surface area contributed by atoms with Gasteiger partial charge >= 0.3 is 0 Å². The highest BCUT2D eigenvalue weighted by Crippen LogP contribution is 2.31. The van der Waals surface area contributed by atoms with Crippen LogP contribution in [0.25, 0.3) is 0 Å². The smallest absolute Gasteiger partial charge is 0.0719 e. The van der Waals surface area contributed by atoms with Crippen LogP contribution in [0.4, 0.5) is 0 Å². The molecule has 3 unspecified atom stereocenters. The van der Waals surface area contributed by atoms with Gasteiger partial charge in [-0.2, -0.15) is 0 Å². The first kappa shape index (κ1) is 8.02. The van der Waals surface area contributed by atoms with Gasteiger partial charge in [0.25, 0.3) is 0 Å². The van der Waals surface area contributed by atoms with Crippen LogP contribution in [0.3, 0.4) is 0 Å². The summed E-state index contributed by atoms with van der Waals surface area (Å²) in [6, 6.07) is 0. The van der Waals surface area contributed by atoms with Crippen LogP contribution in [-0.2, 0) is 0 Å². The van der Waals surface area contributed by atoms with Crippen LogP contribution in [0.5, 0.6) is 0 Å². The van der Waals surface area contributed by atoms with Crippen LogP contribution in [0, 0.1) is 5.92 Å². The van der Waals surface area contributed by atoms with Gasteiger partial charge in [0, 0.05) is 5.54 Å². The molecule has 2 heteroatoms. The third-order valence-corrected chi connectivity index (χ3v) is 2.89. The van der Waals surface area contributed by atoms with Crippen molar-refractivity contribution in [1.29, 1.82) is 0 Å². The van der Waals surface area contributed by atoms with Crippen molar-refractivity contribution < 1.29 is 5.11 Å². The van der Waals surface area contributed by atoms with E-state index in [0.29, 0.717) is 5.92 Å². The maximum absolute atomic E-state index is 9.48. The Kier molecular flexibility index (Phi) is 2.02. The molecule has 1 aliphatic rings. The summed E-state index contributed by atoms with van der Waals surface area (Å²) >= 11 is 0. The van der Waals surface area contributed by atoms with Crippen molar-refractivity contribution in [3.63, 3.8) is 0 Å². The minimum atomic E-state index is -0.349.